The zero-order valence-corrected chi connectivity index (χ0v) is 23.6. The molecule has 4 heteroatoms. The van der Waals surface area contributed by atoms with Crippen molar-refractivity contribution in [2.75, 3.05) is 9.80 Å². The van der Waals surface area contributed by atoms with Gasteiger partial charge in [0.05, 0.1) is 23.5 Å². The molecule has 0 fully saturated rings. The molecule has 0 aromatic heterocycles. The summed E-state index contributed by atoms with van der Waals surface area (Å²) < 4.78 is 0. The molecule has 3 nitrogen and oxygen atoms in total. The molecule has 5 aromatic carbocycles. The molecular formula is C37H29N3Si. The van der Waals surface area contributed by atoms with Crippen LogP contribution in [-0.2, 0) is 0 Å². The summed E-state index contributed by atoms with van der Waals surface area (Å²) in [4.78, 5) is 10.0. The minimum absolute atomic E-state index is 0.109. The molecule has 2 atom stereocenters. The van der Waals surface area contributed by atoms with Gasteiger partial charge in [-0.2, -0.15) is 0 Å². The molecular weight excluding hydrogens is 515 g/mol. The van der Waals surface area contributed by atoms with Gasteiger partial charge in [-0.1, -0.05) is 140 Å². The van der Waals surface area contributed by atoms with E-state index in [-0.39, 0.29) is 12.1 Å². The number of fused-ring (bicyclic) bond motifs is 5. The second-order valence-corrected chi connectivity index (χ2v) is 14.6. The first-order chi connectivity index (χ1) is 20.4. The molecule has 0 spiro atoms. The summed E-state index contributed by atoms with van der Waals surface area (Å²) in [6.45, 7) is 0. The fraction of sp³-hybridized carbons (Fsp3) is 0.0541. The van der Waals surface area contributed by atoms with Gasteiger partial charge in [0.2, 0.25) is 5.96 Å². The first-order valence-corrected chi connectivity index (χ1v) is 16.2. The molecule has 0 N–H and O–H groups in total. The molecule has 0 saturated carbocycles. The highest BCUT2D eigenvalue weighted by molar-refractivity contribution is 7.20. The lowest BCUT2D eigenvalue weighted by Crippen LogP contribution is -2.74. The Hall–Kier alpha value is -4.93. The molecule has 196 valence electrons. The van der Waals surface area contributed by atoms with Crippen molar-refractivity contribution in [2.45, 2.75) is 12.1 Å². The predicted molar refractivity (Wildman–Crippen MR) is 174 cm³/mol. The Morgan fingerprint density at radius 2 is 1.05 bits per heavy atom. The Balaban J connectivity index is 1.41. The first kappa shape index (κ1) is 23.9. The average molecular weight is 544 g/mol. The lowest BCUT2D eigenvalue weighted by molar-refractivity contribution is 0.741. The van der Waals surface area contributed by atoms with E-state index >= 15 is 0 Å². The maximum Gasteiger partial charge on any atom is 0.211 e. The van der Waals surface area contributed by atoms with E-state index in [9.17, 15) is 0 Å². The highest BCUT2D eigenvalue weighted by Gasteiger charge is 2.47. The number of hydrogen-bond donors (Lipinski definition) is 0. The molecule has 1 aliphatic carbocycles. The Morgan fingerprint density at radius 1 is 0.512 bits per heavy atom. The van der Waals surface area contributed by atoms with E-state index in [1.54, 1.807) is 0 Å². The van der Waals surface area contributed by atoms with Crippen molar-refractivity contribution in [3.8, 4) is 0 Å². The number of aliphatic imine (C=N–C) groups is 1. The monoisotopic (exact) mass is 543 g/mol. The van der Waals surface area contributed by atoms with Crippen molar-refractivity contribution in [1.82, 2.24) is 0 Å². The highest BCUT2D eigenvalue weighted by Crippen LogP contribution is 2.46. The van der Waals surface area contributed by atoms with E-state index in [0.29, 0.717) is 0 Å². The maximum atomic E-state index is 5.25. The van der Waals surface area contributed by atoms with Gasteiger partial charge in [-0.15, -0.1) is 0 Å². The number of hydrogen-bond acceptors (Lipinski definition) is 3. The van der Waals surface area contributed by atoms with Crippen molar-refractivity contribution < 1.29 is 0 Å². The maximum absolute atomic E-state index is 5.25. The zero-order chi connectivity index (χ0) is 27.2. The second-order valence-electron chi connectivity index (χ2n) is 10.8. The van der Waals surface area contributed by atoms with Crippen LogP contribution in [0.1, 0.15) is 0 Å². The summed E-state index contributed by atoms with van der Waals surface area (Å²) in [5, 5.41) is 5.50. The minimum Gasteiger partial charge on any atom is -0.300 e. The summed E-state index contributed by atoms with van der Waals surface area (Å²) >= 11 is 0. The second kappa shape index (κ2) is 9.61. The smallest absolute Gasteiger partial charge is 0.211 e. The van der Waals surface area contributed by atoms with Gasteiger partial charge < -0.3 is 4.90 Å². The van der Waals surface area contributed by atoms with Crippen LogP contribution >= 0.6 is 0 Å². The standard InChI is InChI=1S/C37H29N3Si/c1-5-15-28(16-6-1)39-35-26-25-32(27-36(35)40-34-24-14-13-23-33(34)38-37(39)40)41(29-17-7-2-8-18-29,30-19-9-3-10-20-30)31-21-11-4-12-22-31/h1-27,33-34H. The van der Waals surface area contributed by atoms with Gasteiger partial charge in [-0.3, -0.25) is 4.90 Å². The average Bonchev–Trinajstić information content (AvgIpc) is 3.58. The fourth-order valence-corrected chi connectivity index (χ4v) is 11.6. The van der Waals surface area contributed by atoms with E-state index in [1.807, 2.05) is 0 Å². The largest absolute Gasteiger partial charge is 0.300 e. The van der Waals surface area contributed by atoms with Crippen LogP contribution < -0.4 is 30.5 Å². The van der Waals surface area contributed by atoms with Gasteiger partial charge in [-0.05, 0) is 45.0 Å². The van der Waals surface area contributed by atoms with Crippen molar-refractivity contribution in [1.29, 1.82) is 0 Å². The van der Waals surface area contributed by atoms with E-state index in [4.69, 9.17) is 4.99 Å². The molecule has 0 saturated heterocycles. The topological polar surface area (TPSA) is 18.8 Å². The van der Waals surface area contributed by atoms with Crippen LogP contribution in [0.4, 0.5) is 17.1 Å². The van der Waals surface area contributed by atoms with E-state index in [1.165, 1.54) is 32.1 Å². The molecule has 2 aliphatic heterocycles. The molecule has 41 heavy (non-hydrogen) atoms. The number of benzene rings is 5. The highest BCUT2D eigenvalue weighted by atomic mass is 28.3. The van der Waals surface area contributed by atoms with Crippen LogP contribution in [0.5, 0.6) is 0 Å². The summed E-state index contributed by atoms with van der Waals surface area (Å²) in [5.74, 6) is 1.00. The Kier molecular flexibility index (Phi) is 5.61. The number of rotatable bonds is 5. The molecule has 3 aliphatic rings. The lowest BCUT2D eigenvalue weighted by atomic mass is 10.0. The van der Waals surface area contributed by atoms with Crippen LogP contribution in [0.2, 0.25) is 0 Å². The van der Waals surface area contributed by atoms with E-state index in [2.05, 4.69) is 174 Å². The lowest BCUT2D eigenvalue weighted by Gasteiger charge is -2.35. The first-order valence-electron chi connectivity index (χ1n) is 14.2. The van der Waals surface area contributed by atoms with Crippen LogP contribution in [0.3, 0.4) is 0 Å². The number of allylic oxidation sites excluding steroid dienone is 2. The third-order valence-electron chi connectivity index (χ3n) is 8.60. The number of anilines is 3. The van der Waals surface area contributed by atoms with Crippen LogP contribution in [0.15, 0.2) is 169 Å². The van der Waals surface area contributed by atoms with Gasteiger partial charge in [0, 0.05) is 5.69 Å². The fourth-order valence-electron chi connectivity index (χ4n) is 6.85. The molecule has 0 amide bonds. The summed E-state index contributed by atoms with van der Waals surface area (Å²) in [6.07, 6.45) is 8.79. The van der Waals surface area contributed by atoms with Crippen molar-refractivity contribution in [3.63, 3.8) is 0 Å². The van der Waals surface area contributed by atoms with Gasteiger partial charge in [-0.25, -0.2) is 4.99 Å². The van der Waals surface area contributed by atoms with Gasteiger partial charge in [0.15, 0.2) is 8.07 Å². The molecule has 0 bridgehead atoms. The SMILES string of the molecule is C1=CC2N=C3N(c4ccccc4)c4ccc([Si](c5ccccc5)(c5ccccc5)c5ccccc5)cc4N3C2C=C1. The van der Waals surface area contributed by atoms with Gasteiger partial charge in [0.25, 0.3) is 0 Å². The van der Waals surface area contributed by atoms with Gasteiger partial charge >= 0.3 is 0 Å². The summed E-state index contributed by atoms with van der Waals surface area (Å²) in [5.41, 5.74) is 3.53. The quantitative estimate of drug-likeness (QED) is 0.223. The molecule has 0 radical (unpaired) electrons. The molecule has 5 aromatic rings. The van der Waals surface area contributed by atoms with Crippen molar-refractivity contribution >= 4 is 51.8 Å². The third kappa shape index (κ3) is 3.61. The predicted octanol–water partition coefficient (Wildman–Crippen LogP) is 5.25. The Morgan fingerprint density at radius 3 is 1.63 bits per heavy atom. The summed E-state index contributed by atoms with van der Waals surface area (Å²) in [7, 11) is -2.65. The van der Waals surface area contributed by atoms with Crippen LogP contribution in [0.25, 0.3) is 0 Å². The minimum atomic E-state index is -2.65. The van der Waals surface area contributed by atoms with E-state index in [0.717, 1.165) is 11.6 Å². The van der Waals surface area contributed by atoms with Gasteiger partial charge in [0.1, 0.15) is 0 Å². The number of para-hydroxylation sites is 1. The number of guanidine groups is 1. The third-order valence-corrected chi connectivity index (χ3v) is 13.4. The Labute approximate surface area is 242 Å². The van der Waals surface area contributed by atoms with Crippen molar-refractivity contribution in [2.24, 2.45) is 4.99 Å². The number of nitrogens with zero attached hydrogens (tertiary/aromatic N) is 3. The summed E-state index contributed by atoms with van der Waals surface area (Å²) in [6, 6.07) is 51.5. The normalized spacial score (nSPS) is 18.6. The van der Waals surface area contributed by atoms with Crippen LogP contribution in [0, 0.1) is 0 Å². The molecule has 8 rings (SSSR count). The zero-order valence-electron chi connectivity index (χ0n) is 22.6. The molecule has 2 heterocycles. The molecule has 2 unspecified atom stereocenters. The Bertz CT molecular complexity index is 1700. The van der Waals surface area contributed by atoms with Crippen molar-refractivity contribution in [3.05, 3.63) is 164 Å². The van der Waals surface area contributed by atoms with E-state index < -0.39 is 8.07 Å². The van der Waals surface area contributed by atoms with Crippen LogP contribution in [-0.4, -0.2) is 26.1 Å².